The molecule has 0 radical (unpaired) electrons. The van der Waals surface area contributed by atoms with Gasteiger partial charge in [0.15, 0.2) is 0 Å². The molecule has 2 aromatic carbocycles. The molecule has 3 rings (SSSR count). The molecular formula is C22H19NO4S. The molecule has 0 aliphatic carbocycles. The third-order valence-electron chi connectivity index (χ3n) is 4.26. The summed E-state index contributed by atoms with van der Waals surface area (Å²) in [6.07, 6.45) is 5.96. The van der Waals surface area contributed by atoms with Gasteiger partial charge in [0.2, 0.25) is 0 Å². The molecule has 1 aliphatic heterocycles. The van der Waals surface area contributed by atoms with Crippen molar-refractivity contribution in [3.05, 3.63) is 77.2 Å². The molecule has 0 saturated carbocycles. The normalized spacial score (nSPS) is 14.9. The van der Waals surface area contributed by atoms with Crippen molar-refractivity contribution in [2.75, 3.05) is 0 Å². The Morgan fingerprint density at radius 3 is 2.43 bits per heavy atom. The average Bonchev–Trinajstić information content (AvgIpc) is 2.97. The van der Waals surface area contributed by atoms with E-state index in [0.29, 0.717) is 35.1 Å². The zero-order chi connectivity index (χ0) is 20.3. The summed E-state index contributed by atoms with van der Waals surface area (Å²) in [5, 5.41) is 22.7. The number of carbonyl (C=O) groups is 2. The van der Waals surface area contributed by atoms with Gasteiger partial charge in [-0.25, -0.2) is 0 Å². The van der Waals surface area contributed by atoms with E-state index < -0.39 is 11.1 Å². The van der Waals surface area contributed by atoms with Crippen molar-refractivity contribution in [3.8, 4) is 22.6 Å². The summed E-state index contributed by atoms with van der Waals surface area (Å²) in [6.45, 7) is 7.44. The number of hydrogen-bond acceptors (Lipinski definition) is 5. The maximum atomic E-state index is 11.9. The molecule has 142 valence electrons. The van der Waals surface area contributed by atoms with E-state index in [0.717, 1.165) is 17.3 Å². The first-order valence-electron chi connectivity index (χ1n) is 8.57. The Morgan fingerprint density at radius 1 is 1.04 bits per heavy atom. The van der Waals surface area contributed by atoms with Crippen LogP contribution in [0.15, 0.2) is 60.5 Å². The average molecular weight is 393 g/mol. The van der Waals surface area contributed by atoms with Crippen LogP contribution in [0, 0.1) is 0 Å². The highest BCUT2D eigenvalue weighted by Gasteiger charge is 2.25. The van der Waals surface area contributed by atoms with Crippen LogP contribution in [0.1, 0.15) is 16.7 Å². The monoisotopic (exact) mass is 393 g/mol. The second-order valence-corrected chi connectivity index (χ2v) is 7.28. The predicted octanol–water partition coefficient (Wildman–Crippen LogP) is 4.55. The summed E-state index contributed by atoms with van der Waals surface area (Å²) in [4.78, 5) is 23.5. The van der Waals surface area contributed by atoms with Crippen LogP contribution >= 0.6 is 11.8 Å². The number of imide groups is 1. The van der Waals surface area contributed by atoms with Gasteiger partial charge in [0.1, 0.15) is 11.5 Å². The van der Waals surface area contributed by atoms with Crippen molar-refractivity contribution in [1.29, 1.82) is 0 Å². The molecule has 0 spiro atoms. The van der Waals surface area contributed by atoms with Gasteiger partial charge in [0.05, 0.1) is 4.91 Å². The number of carbonyl (C=O) groups excluding carboxylic acids is 2. The van der Waals surface area contributed by atoms with Crippen LogP contribution in [-0.2, 0) is 17.6 Å². The first-order valence-corrected chi connectivity index (χ1v) is 9.39. The van der Waals surface area contributed by atoms with Gasteiger partial charge >= 0.3 is 0 Å². The Labute approximate surface area is 167 Å². The van der Waals surface area contributed by atoms with Gasteiger partial charge < -0.3 is 10.2 Å². The van der Waals surface area contributed by atoms with Gasteiger partial charge in [-0.3, -0.25) is 14.9 Å². The fourth-order valence-corrected chi connectivity index (χ4v) is 3.64. The number of aromatic hydroxyl groups is 2. The summed E-state index contributed by atoms with van der Waals surface area (Å²) in [5.41, 5.74) is 3.25. The van der Waals surface area contributed by atoms with E-state index in [1.54, 1.807) is 30.4 Å². The van der Waals surface area contributed by atoms with Crippen molar-refractivity contribution in [2.24, 2.45) is 0 Å². The highest BCUT2D eigenvalue weighted by Crippen LogP contribution is 2.37. The highest BCUT2D eigenvalue weighted by molar-refractivity contribution is 8.18. The summed E-state index contributed by atoms with van der Waals surface area (Å²) in [7, 11) is 0. The van der Waals surface area contributed by atoms with E-state index in [4.69, 9.17) is 0 Å². The molecule has 1 aliphatic rings. The van der Waals surface area contributed by atoms with Crippen LogP contribution in [0.2, 0.25) is 0 Å². The minimum absolute atomic E-state index is 0.00522. The highest BCUT2D eigenvalue weighted by atomic mass is 32.2. The van der Waals surface area contributed by atoms with Gasteiger partial charge in [-0.05, 0) is 71.6 Å². The molecule has 1 fully saturated rings. The van der Waals surface area contributed by atoms with Crippen LogP contribution in [0.25, 0.3) is 17.2 Å². The third-order valence-corrected chi connectivity index (χ3v) is 5.07. The van der Waals surface area contributed by atoms with Crippen LogP contribution in [0.3, 0.4) is 0 Å². The van der Waals surface area contributed by atoms with Crippen LogP contribution in [0.5, 0.6) is 11.5 Å². The van der Waals surface area contributed by atoms with Gasteiger partial charge in [-0.2, -0.15) is 0 Å². The molecular weight excluding hydrogens is 374 g/mol. The van der Waals surface area contributed by atoms with E-state index in [1.807, 2.05) is 12.1 Å². The van der Waals surface area contributed by atoms with Crippen LogP contribution < -0.4 is 5.32 Å². The predicted molar refractivity (Wildman–Crippen MR) is 112 cm³/mol. The molecule has 5 nitrogen and oxygen atoms in total. The lowest BCUT2D eigenvalue weighted by molar-refractivity contribution is -0.115. The molecule has 28 heavy (non-hydrogen) atoms. The smallest absolute Gasteiger partial charge is 0.290 e. The topological polar surface area (TPSA) is 86.6 Å². The quantitative estimate of drug-likeness (QED) is 0.495. The summed E-state index contributed by atoms with van der Waals surface area (Å²) >= 11 is 0.780. The molecule has 3 N–H and O–H groups in total. The number of rotatable bonds is 6. The maximum absolute atomic E-state index is 11.9. The van der Waals surface area contributed by atoms with Gasteiger partial charge in [-0.15, -0.1) is 13.2 Å². The largest absolute Gasteiger partial charge is 0.507 e. The second kappa shape index (κ2) is 8.19. The van der Waals surface area contributed by atoms with Crippen LogP contribution in [-0.4, -0.2) is 21.4 Å². The van der Waals surface area contributed by atoms with Gasteiger partial charge in [0.25, 0.3) is 11.1 Å². The molecule has 1 saturated heterocycles. The summed E-state index contributed by atoms with van der Waals surface area (Å²) < 4.78 is 0. The minimum Gasteiger partial charge on any atom is -0.507 e. The van der Waals surface area contributed by atoms with Gasteiger partial charge in [0, 0.05) is 11.1 Å². The lowest BCUT2D eigenvalue weighted by atomic mass is 9.94. The van der Waals surface area contributed by atoms with E-state index in [9.17, 15) is 19.8 Å². The lowest BCUT2D eigenvalue weighted by Gasteiger charge is -2.13. The van der Waals surface area contributed by atoms with Crippen molar-refractivity contribution in [3.63, 3.8) is 0 Å². The Morgan fingerprint density at radius 2 is 1.79 bits per heavy atom. The van der Waals surface area contributed by atoms with Crippen molar-refractivity contribution in [2.45, 2.75) is 12.8 Å². The fraction of sp³-hybridized carbons (Fsp3) is 0.0909. The molecule has 0 bridgehead atoms. The lowest BCUT2D eigenvalue weighted by Crippen LogP contribution is -2.17. The van der Waals surface area contributed by atoms with E-state index in [1.165, 1.54) is 6.08 Å². The molecule has 2 aromatic rings. The Kier molecular flexibility index (Phi) is 5.70. The standard InChI is InChI=1S/C22H19NO4S/c1-3-5-13-7-8-18(24)17(9-13)15-10-14(6-4-2)20(25)16(11-15)12-19-21(26)23-22(27)28-19/h3-4,7-12,24-25H,1-2,5-6H2,(H,23,26,27)/b19-12-. The number of phenolic OH excluding ortho intramolecular Hbond substituents is 2. The van der Waals surface area contributed by atoms with E-state index >= 15 is 0 Å². The van der Waals surface area contributed by atoms with Crippen molar-refractivity contribution < 1.29 is 19.8 Å². The molecule has 2 amide bonds. The number of nitrogens with one attached hydrogen (secondary N) is 1. The zero-order valence-electron chi connectivity index (χ0n) is 15.1. The zero-order valence-corrected chi connectivity index (χ0v) is 15.9. The molecule has 1 heterocycles. The second-order valence-electron chi connectivity index (χ2n) is 6.26. The van der Waals surface area contributed by atoms with Crippen molar-refractivity contribution >= 4 is 29.0 Å². The number of thioether (sulfide) groups is 1. The number of hydrogen-bond donors (Lipinski definition) is 3. The van der Waals surface area contributed by atoms with E-state index in [2.05, 4.69) is 18.5 Å². The van der Waals surface area contributed by atoms with Crippen LogP contribution in [0.4, 0.5) is 4.79 Å². The minimum atomic E-state index is -0.499. The number of benzene rings is 2. The van der Waals surface area contributed by atoms with E-state index in [-0.39, 0.29) is 16.4 Å². The van der Waals surface area contributed by atoms with Crippen molar-refractivity contribution in [1.82, 2.24) is 5.32 Å². The first kappa shape index (κ1) is 19.5. The summed E-state index contributed by atoms with van der Waals surface area (Å²) in [5.74, 6) is -0.392. The number of phenols is 2. The number of amides is 2. The Balaban J connectivity index is 2.16. The molecule has 6 heteroatoms. The molecule has 0 atom stereocenters. The summed E-state index contributed by atoms with van der Waals surface area (Å²) in [6, 6.07) is 8.75. The first-order chi connectivity index (χ1) is 13.4. The molecule has 0 unspecified atom stereocenters. The fourth-order valence-electron chi connectivity index (χ4n) is 2.97. The Bertz CT molecular complexity index is 1020. The maximum Gasteiger partial charge on any atom is 0.290 e. The van der Waals surface area contributed by atoms with Gasteiger partial charge in [-0.1, -0.05) is 18.2 Å². The molecule has 0 aromatic heterocycles. The third kappa shape index (κ3) is 4.02. The number of allylic oxidation sites excluding steroid dienone is 2. The Hall–Kier alpha value is -3.25. The SMILES string of the molecule is C=CCc1ccc(O)c(-c2cc(/C=C3\SC(=O)NC3=O)c(O)c(CC=C)c2)c1.